The number of nitriles is 1. The van der Waals surface area contributed by atoms with Gasteiger partial charge in [-0.3, -0.25) is 4.79 Å². The molecule has 4 heteroatoms. The lowest BCUT2D eigenvalue weighted by Gasteiger charge is -2.20. The summed E-state index contributed by atoms with van der Waals surface area (Å²) in [5, 5.41) is 12.4. The zero-order chi connectivity index (χ0) is 17.7. The highest BCUT2D eigenvalue weighted by Gasteiger charge is 2.41. The van der Waals surface area contributed by atoms with Gasteiger partial charge in [0.05, 0.1) is 6.07 Å². The number of rotatable bonds is 5. The molecule has 25 heavy (non-hydrogen) atoms. The Morgan fingerprint density at radius 2 is 1.76 bits per heavy atom. The molecule has 2 aromatic carbocycles. The maximum absolute atomic E-state index is 12.5. The minimum atomic E-state index is -0.855. The van der Waals surface area contributed by atoms with Crippen LogP contribution in [0, 0.1) is 23.7 Å². The smallest absolute Gasteiger partial charge is 0.240 e. The van der Waals surface area contributed by atoms with E-state index in [1.807, 2.05) is 55.5 Å². The summed E-state index contributed by atoms with van der Waals surface area (Å²) in [6.07, 6.45) is 3.18. The van der Waals surface area contributed by atoms with E-state index in [0.717, 1.165) is 35.5 Å². The van der Waals surface area contributed by atoms with Gasteiger partial charge in [-0.2, -0.15) is 5.26 Å². The number of hydrogen-bond donors (Lipinski definition) is 1. The average molecular weight is 334 g/mol. The number of benzene rings is 2. The van der Waals surface area contributed by atoms with Crippen molar-refractivity contribution in [2.45, 2.75) is 39.2 Å². The highest BCUT2D eigenvalue weighted by molar-refractivity contribution is 5.85. The van der Waals surface area contributed by atoms with Crippen molar-refractivity contribution in [2.75, 3.05) is 0 Å². The molecule has 1 aliphatic carbocycles. The SMILES string of the molecule is Cc1ccccc1Oc1ccccc1CNC(=O)C1(C#N)CCCC1. The van der Waals surface area contributed by atoms with E-state index < -0.39 is 5.41 Å². The second-order valence-electron chi connectivity index (χ2n) is 6.56. The van der Waals surface area contributed by atoms with E-state index in [2.05, 4.69) is 11.4 Å². The summed E-state index contributed by atoms with van der Waals surface area (Å²) in [7, 11) is 0. The summed E-state index contributed by atoms with van der Waals surface area (Å²) in [6, 6.07) is 17.7. The predicted molar refractivity (Wildman–Crippen MR) is 96.1 cm³/mol. The summed E-state index contributed by atoms with van der Waals surface area (Å²) >= 11 is 0. The van der Waals surface area contributed by atoms with Crippen molar-refractivity contribution in [3.63, 3.8) is 0 Å². The van der Waals surface area contributed by atoms with Gasteiger partial charge in [-0.05, 0) is 37.5 Å². The summed E-state index contributed by atoms with van der Waals surface area (Å²) in [4.78, 5) is 12.5. The van der Waals surface area contributed by atoms with Crippen molar-refractivity contribution in [1.82, 2.24) is 5.32 Å². The van der Waals surface area contributed by atoms with Crippen LogP contribution in [0.3, 0.4) is 0 Å². The molecule has 0 aliphatic heterocycles. The first-order chi connectivity index (χ1) is 12.1. The molecule has 0 heterocycles. The minimum absolute atomic E-state index is 0.168. The number of ether oxygens (including phenoxy) is 1. The first-order valence-electron chi connectivity index (χ1n) is 8.65. The molecular formula is C21H22N2O2. The van der Waals surface area contributed by atoms with Crippen LogP contribution >= 0.6 is 0 Å². The van der Waals surface area contributed by atoms with Crippen LogP contribution in [0.25, 0.3) is 0 Å². The molecular weight excluding hydrogens is 312 g/mol. The Morgan fingerprint density at radius 3 is 2.44 bits per heavy atom. The van der Waals surface area contributed by atoms with Crippen LogP contribution < -0.4 is 10.1 Å². The largest absolute Gasteiger partial charge is 0.457 e. The summed E-state index contributed by atoms with van der Waals surface area (Å²) in [5.74, 6) is 1.35. The van der Waals surface area contributed by atoms with E-state index in [4.69, 9.17) is 4.74 Å². The second-order valence-corrected chi connectivity index (χ2v) is 6.56. The molecule has 0 aromatic heterocycles. The third-order valence-corrected chi connectivity index (χ3v) is 4.83. The van der Waals surface area contributed by atoms with Crippen molar-refractivity contribution in [3.05, 3.63) is 59.7 Å². The summed E-state index contributed by atoms with van der Waals surface area (Å²) in [6.45, 7) is 2.35. The third kappa shape index (κ3) is 3.66. The molecule has 1 N–H and O–H groups in total. The van der Waals surface area contributed by atoms with Crippen molar-refractivity contribution in [2.24, 2.45) is 5.41 Å². The Bertz CT molecular complexity index is 802. The van der Waals surface area contributed by atoms with Crippen LogP contribution in [0.15, 0.2) is 48.5 Å². The van der Waals surface area contributed by atoms with Crippen LogP contribution in [-0.4, -0.2) is 5.91 Å². The Hall–Kier alpha value is -2.80. The summed E-state index contributed by atoms with van der Waals surface area (Å²) in [5.41, 5.74) is 1.09. The number of hydrogen-bond acceptors (Lipinski definition) is 3. The highest BCUT2D eigenvalue weighted by atomic mass is 16.5. The predicted octanol–water partition coefficient (Wildman–Crippen LogP) is 4.49. The molecule has 128 valence electrons. The first-order valence-corrected chi connectivity index (χ1v) is 8.65. The van der Waals surface area contributed by atoms with Crippen LogP contribution in [0.1, 0.15) is 36.8 Å². The quantitative estimate of drug-likeness (QED) is 0.876. The number of amides is 1. The van der Waals surface area contributed by atoms with Gasteiger partial charge in [0.1, 0.15) is 16.9 Å². The van der Waals surface area contributed by atoms with Crippen LogP contribution in [0.5, 0.6) is 11.5 Å². The molecule has 0 saturated heterocycles. The minimum Gasteiger partial charge on any atom is -0.457 e. The van der Waals surface area contributed by atoms with Crippen molar-refractivity contribution >= 4 is 5.91 Å². The zero-order valence-corrected chi connectivity index (χ0v) is 14.4. The van der Waals surface area contributed by atoms with Crippen molar-refractivity contribution in [1.29, 1.82) is 5.26 Å². The van der Waals surface area contributed by atoms with E-state index in [-0.39, 0.29) is 5.91 Å². The molecule has 1 fully saturated rings. The van der Waals surface area contributed by atoms with Gasteiger partial charge in [0.25, 0.3) is 0 Å². The molecule has 0 radical (unpaired) electrons. The van der Waals surface area contributed by atoms with Crippen molar-refractivity contribution < 1.29 is 9.53 Å². The van der Waals surface area contributed by atoms with Gasteiger partial charge in [0, 0.05) is 12.1 Å². The van der Waals surface area contributed by atoms with Crippen LogP contribution in [0.4, 0.5) is 0 Å². The molecule has 1 aliphatic rings. The standard InChI is InChI=1S/C21H22N2O2/c1-16-8-2-4-10-18(16)25-19-11-5-3-9-17(19)14-23-20(24)21(15-22)12-6-7-13-21/h2-5,8-11H,6-7,12-14H2,1H3,(H,23,24). The van der Waals surface area contributed by atoms with Gasteiger partial charge in [0.2, 0.25) is 5.91 Å². The maximum Gasteiger partial charge on any atom is 0.240 e. The third-order valence-electron chi connectivity index (χ3n) is 4.83. The number of para-hydroxylation sites is 2. The molecule has 3 rings (SSSR count). The monoisotopic (exact) mass is 334 g/mol. The number of nitrogens with zero attached hydrogens (tertiary/aromatic N) is 1. The number of carbonyl (C=O) groups is 1. The fourth-order valence-electron chi connectivity index (χ4n) is 3.25. The fraction of sp³-hybridized carbons (Fsp3) is 0.333. The number of aryl methyl sites for hydroxylation is 1. The Labute approximate surface area is 148 Å². The molecule has 1 amide bonds. The number of nitrogens with one attached hydrogen (secondary N) is 1. The van der Waals surface area contributed by atoms with Gasteiger partial charge in [-0.15, -0.1) is 0 Å². The second kappa shape index (κ2) is 7.40. The van der Waals surface area contributed by atoms with E-state index in [0.29, 0.717) is 19.4 Å². The van der Waals surface area contributed by atoms with E-state index in [9.17, 15) is 10.1 Å². The van der Waals surface area contributed by atoms with Gasteiger partial charge in [-0.25, -0.2) is 0 Å². The number of carbonyl (C=O) groups excluding carboxylic acids is 1. The molecule has 0 atom stereocenters. The van der Waals surface area contributed by atoms with Gasteiger partial charge < -0.3 is 10.1 Å². The normalized spacial score (nSPS) is 15.4. The summed E-state index contributed by atoms with van der Waals surface area (Å²) < 4.78 is 6.03. The van der Waals surface area contributed by atoms with Crippen LogP contribution in [0.2, 0.25) is 0 Å². The molecule has 0 bridgehead atoms. The van der Waals surface area contributed by atoms with Crippen LogP contribution in [-0.2, 0) is 11.3 Å². The molecule has 0 unspecified atom stereocenters. The maximum atomic E-state index is 12.5. The van der Waals surface area contributed by atoms with E-state index in [1.165, 1.54) is 0 Å². The Kier molecular flexibility index (Phi) is 5.04. The lowest BCUT2D eigenvalue weighted by atomic mass is 9.87. The van der Waals surface area contributed by atoms with Gasteiger partial charge in [-0.1, -0.05) is 49.2 Å². The lowest BCUT2D eigenvalue weighted by molar-refractivity contribution is -0.128. The van der Waals surface area contributed by atoms with Gasteiger partial charge >= 0.3 is 0 Å². The zero-order valence-electron chi connectivity index (χ0n) is 14.4. The highest BCUT2D eigenvalue weighted by Crippen LogP contribution is 2.37. The molecule has 1 saturated carbocycles. The lowest BCUT2D eigenvalue weighted by Crippen LogP contribution is -2.37. The Morgan fingerprint density at radius 1 is 1.12 bits per heavy atom. The molecule has 2 aromatic rings. The van der Waals surface area contributed by atoms with E-state index >= 15 is 0 Å². The fourth-order valence-corrected chi connectivity index (χ4v) is 3.25. The van der Waals surface area contributed by atoms with Crippen molar-refractivity contribution in [3.8, 4) is 17.6 Å². The van der Waals surface area contributed by atoms with Gasteiger partial charge in [0.15, 0.2) is 0 Å². The van der Waals surface area contributed by atoms with E-state index in [1.54, 1.807) is 0 Å². The average Bonchev–Trinajstić information content (AvgIpc) is 3.13. The molecule has 4 nitrogen and oxygen atoms in total. The Balaban J connectivity index is 1.72. The molecule has 0 spiro atoms. The topological polar surface area (TPSA) is 62.1 Å². The first kappa shape index (κ1) is 17.0.